The molecule has 4 rings (SSSR count). The van der Waals surface area contributed by atoms with Gasteiger partial charge in [0.2, 0.25) is 0 Å². The Balaban J connectivity index is 1.48. The second-order valence-corrected chi connectivity index (χ2v) is 7.41. The lowest BCUT2D eigenvalue weighted by Gasteiger charge is -2.22. The molecule has 5 nitrogen and oxygen atoms in total. The van der Waals surface area contributed by atoms with Gasteiger partial charge in [0, 0.05) is 30.5 Å². The number of hydrogen-bond acceptors (Lipinski definition) is 4. The van der Waals surface area contributed by atoms with Crippen molar-refractivity contribution in [3.05, 3.63) is 48.3 Å². The molecule has 1 N–H and O–H groups in total. The SMILES string of the molecule is CCN1CCC[C@@H]1CNC(=O)c1ccc2nc(-n3cccc3)sc2c1. The largest absolute Gasteiger partial charge is 0.350 e. The van der Waals surface area contributed by atoms with Gasteiger partial charge in [-0.1, -0.05) is 18.3 Å². The number of nitrogens with one attached hydrogen (secondary N) is 1. The highest BCUT2D eigenvalue weighted by Gasteiger charge is 2.23. The number of aromatic nitrogens is 2. The van der Waals surface area contributed by atoms with E-state index in [1.165, 1.54) is 12.8 Å². The van der Waals surface area contributed by atoms with Crippen LogP contribution in [0.25, 0.3) is 15.3 Å². The molecule has 0 radical (unpaired) electrons. The van der Waals surface area contributed by atoms with E-state index in [0.717, 1.165) is 35.0 Å². The van der Waals surface area contributed by atoms with Gasteiger partial charge in [0.05, 0.1) is 10.2 Å². The van der Waals surface area contributed by atoms with E-state index in [1.54, 1.807) is 11.3 Å². The Morgan fingerprint density at radius 2 is 2.20 bits per heavy atom. The molecule has 1 fully saturated rings. The van der Waals surface area contributed by atoms with Crippen LogP contribution >= 0.6 is 11.3 Å². The van der Waals surface area contributed by atoms with Gasteiger partial charge in [0.1, 0.15) is 0 Å². The van der Waals surface area contributed by atoms with Crippen molar-refractivity contribution in [2.45, 2.75) is 25.8 Å². The number of rotatable bonds is 5. The first kappa shape index (κ1) is 16.3. The molecule has 0 spiro atoms. The van der Waals surface area contributed by atoms with Gasteiger partial charge >= 0.3 is 0 Å². The van der Waals surface area contributed by atoms with Gasteiger partial charge in [-0.2, -0.15) is 0 Å². The van der Waals surface area contributed by atoms with E-state index in [1.807, 2.05) is 47.3 Å². The maximum atomic E-state index is 12.5. The van der Waals surface area contributed by atoms with Crippen molar-refractivity contribution < 1.29 is 4.79 Å². The standard InChI is InChI=1S/C19H22N4OS/c1-2-22-11-5-6-15(22)13-20-18(24)14-7-8-16-17(12-14)25-19(21-16)23-9-3-4-10-23/h3-4,7-10,12,15H,2,5-6,11,13H2,1H3,(H,20,24)/t15-/m1/s1. The highest BCUT2D eigenvalue weighted by molar-refractivity contribution is 7.20. The quantitative estimate of drug-likeness (QED) is 0.765. The number of thiazole rings is 1. The number of benzene rings is 1. The lowest BCUT2D eigenvalue weighted by atomic mass is 10.2. The Hall–Kier alpha value is -2.18. The van der Waals surface area contributed by atoms with Crippen LogP contribution in [0.3, 0.4) is 0 Å². The number of carbonyl (C=O) groups excluding carboxylic acids is 1. The molecule has 2 aromatic heterocycles. The molecular weight excluding hydrogens is 332 g/mol. The van der Waals surface area contributed by atoms with Crippen molar-refractivity contribution in [3.63, 3.8) is 0 Å². The van der Waals surface area contributed by atoms with E-state index in [0.29, 0.717) is 11.6 Å². The van der Waals surface area contributed by atoms with Gasteiger partial charge < -0.3 is 9.88 Å². The first-order valence-corrected chi connectivity index (χ1v) is 9.62. The lowest BCUT2D eigenvalue weighted by molar-refractivity contribution is 0.0941. The summed E-state index contributed by atoms with van der Waals surface area (Å²) >= 11 is 1.60. The molecule has 0 aliphatic carbocycles. The van der Waals surface area contributed by atoms with Crippen LogP contribution in [0.4, 0.5) is 0 Å². The molecule has 6 heteroatoms. The summed E-state index contributed by atoms with van der Waals surface area (Å²) in [5.74, 6) is 0.000710. The number of nitrogens with zero attached hydrogens (tertiary/aromatic N) is 3. The van der Waals surface area contributed by atoms with Gasteiger partial charge in [-0.15, -0.1) is 0 Å². The number of likely N-dealkylation sites (tertiary alicyclic amines) is 1. The van der Waals surface area contributed by atoms with Gasteiger partial charge in [-0.3, -0.25) is 9.69 Å². The summed E-state index contributed by atoms with van der Waals surface area (Å²) in [7, 11) is 0. The fraction of sp³-hybridized carbons (Fsp3) is 0.368. The summed E-state index contributed by atoms with van der Waals surface area (Å²) in [5, 5.41) is 4.02. The molecule has 1 aliphatic heterocycles. The molecule has 3 heterocycles. The Bertz CT molecular complexity index is 871. The fourth-order valence-electron chi connectivity index (χ4n) is 3.48. The van der Waals surface area contributed by atoms with E-state index in [4.69, 9.17) is 0 Å². The normalized spacial score (nSPS) is 18.0. The summed E-state index contributed by atoms with van der Waals surface area (Å²) in [4.78, 5) is 19.6. The van der Waals surface area contributed by atoms with Crippen LogP contribution in [0, 0.1) is 0 Å². The maximum Gasteiger partial charge on any atom is 0.251 e. The minimum Gasteiger partial charge on any atom is -0.350 e. The number of hydrogen-bond donors (Lipinski definition) is 1. The van der Waals surface area contributed by atoms with Crippen molar-refractivity contribution in [2.75, 3.05) is 19.6 Å². The molecule has 1 aliphatic rings. The lowest BCUT2D eigenvalue weighted by Crippen LogP contribution is -2.40. The van der Waals surface area contributed by atoms with Gasteiger partial charge in [-0.05, 0) is 56.3 Å². The van der Waals surface area contributed by atoms with Crippen molar-refractivity contribution in [3.8, 4) is 5.13 Å². The smallest absolute Gasteiger partial charge is 0.251 e. The molecule has 0 bridgehead atoms. The minimum atomic E-state index is 0.000710. The fourth-order valence-corrected chi connectivity index (χ4v) is 4.45. The van der Waals surface area contributed by atoms with E-state index < -0.39 is 0 Å². The molecule has 25 heavy (non-hydrogen) atoms. The summed E-state index contributed by atoms with van der Waals surface area (Å²) in [5.41, 5.74) is 1.63. The Morgan fingerprint density at radius 3 is 3.00 bits per heavy atom. The highest BCUT2D eigenvalue weighted by atomic mass is 32.1. The van der Waals surface area contributed by atoms with Crippen molar-refractivity contribution in [2.24, 2.45) is 0 Å². The summed E-state index contributed by atoms with van der Waals surface area (Å²) in [6.45, 7) is 5.10. The summed E-state index contributed by atoms with van der Waals surface area (Å²) < 4.78 is 3.02. The van der Waals surface area contributed by atoms with Crippen LogP contribution in [0.2, 0.25) is 0 Å². The monoisotopic (exact) mass is 354 g/mol. The van der Waals surface area contributed by atoms with E-state index in [9.17, 15) is 4.79 Å². The zero-order valence-electron chi connectivity index (χ0n) is 14.3. The molecule has 1 amide bonds. The van der Waals surface area contributed by atoms with Crippen LogP contribution in [-0.2, 0) is 0 Å². The van der Waals surface area contributed by atoms with Crippen molar-refractivity contribution >= 4 is 27.5 Å². The average molecular weight is 354 g/mol. The first-order valence-electron chi connectivity index (χ1n) is 8.81. The molecular formula is C19H22N4OS. The molecule has 3 aromatic rings. The molecule has 130 valence electrons. The Kier molecular flexibility index (Phi) is 4.55. The van der Waals surface area contributed by atoms with Crippen molar-refractivity contribution in [1.29, 1.82) is 0 Å². The van der Waals surface area contributed by atoms with Gasteiger partial charge in [0.25, 0.3) is 5.91 Å². The third-order valence-electron chi connectivity index (χ3n) is 4.87. The number of amides is 1. The molecule has 0 saturated carbocycles. The van der Waals surface area contributed by atoms with Crippen LogP contribution < -0.4 is 5.32 Å². The van der Waals surface area contributed by atoms with Crippen LogP contribution in [0.1, 0.15) is 30.1 Å². The Labute approximate surface area is 151 Å². The first-order chi connectivity index (χ1) is 12.2. The second-order valence-electron chi connectivity index (χ2n) is 6.40. The third-order valence-corrected chi connectivity index (χ3v) is 5.90. The Morgan fingerprint density at radius 1 is 1.36 bits per heavy atom. The van der Waals surface area contributed by atoms with E-state index in [2.05, 4.69) is 22.1 Å². The molecule has 1 atom stereocenters. The maximum absolute atomic E-state index is 12.5. The zero-order chi connectivity index (χ0) is 17.2. The second kappa shape index (κ2) is 6.98. The number of carbonyl (C=O) groups is 1. The topological polar surface area (TPSA) is 50.2 Å². The van der Waals surface area contributed by atoms with Crippen LogP contribution in [-0.4, -0.2) is 46.0 Å². The van der Waals surface area contributed by atoms with Crippen molar-refractivity contribution in [1.82, 2.24) is 19.8 Å². The summed E-state index contributed by atoms with van der Waals surface area (Å²) in [6, 6.07) is 10.2. The molecule has 0 unspecified atom stereocenters. The summed E-state index contributed by atoms with van der Waals surface area (Å²) in [6.07, 6.45) is 6.35. The number of fused-ring (bicyclic) bond motifs is 1. The van der Waals surface area contributed by atoms with Crippen LogP contribution in [0.15, 0.2) is 42.7 Å². The van der Waals surface area contributed by atoms with Gasteiger partial charge in [0.15, 0.2) is 5.13 Å². The zero-order valence-corrected chi connectivity index (χ0v) is 15.1. The molecule has 1 aromatic carbocycles. The van der Waals surface area contributed by atoms with Crippen LogP contribution in [0.5, 0.6) is 0 Å². The minimum absolute atomic E-state index is 0.000710. The predicted molar refractivity (Wildman–Crippen MR) is 102 cm³/mol. The van der Waals surface area contributed by atoms with Gasteiger partial charge in [-0.25, -0.2) is 4.98 Å². The van der Waals surface area contributed by atoms with E-state index >= 15 is 0 Å². The predicted octanol–water partition coefficient (Wildman–Crippen LogP) is 3.30. The average Bonchev–Trinajstić information content (AvgIpc) is 3.38. The number of likely N-dealkylation sites (N-methyl/N-ethyl adjacent to an activating group) is 1. The van der Waals surface area contributed by atoms with E-state index in [-0.39, 0.29) is 5.91 Å². The highest BCUT2D eigenvalue weighted by Crippen LogP contribution is 2.26. The molecule has 1 saturated heterocycles. The third kappa shape index (κ3) is 3.32.